The van der Waals surface area contributed by atoms with Crippen molar-refractivity contribution in [3.63, 3.8) is 0 Å². The van der Waals surface area contributed by atoms with Gasteiger partial charge in [0, 0.05) is 10.8 Å². The first-order valence-corrected chi connectivity index (χ1v) is 7.99. The molecule has 0 spiro atoms. The van der Waals surface area contributed by atoms with Gasteiger partial charge in [-0.05, 0) is 41.0 Å². The number of fused-ring (bicyclic) bond motifs is 1. The van der Waals surface area contributed by atoms with Gasteiger partial charge < -0.3 is 5.32 Å². The molecule has 3 rings (SSSR count). The molecule has 120 valence electrons. The summed E-state index contributed by atoms with van der Waals surface area (Å²) in [5.41, 5.74) is -0.768. The van der Waals surface area contributed by atoms with Crippen LogP contribution in [-0.2, 0) is 6.18 Å². The van der Waals surface area contributed by atoms with Crippen molar-refractivity contribution in [3.8, 4) is 0 Å². The predicted molar refractivity (Wildman–Crippen MR) is 82.0 cm³/mol. The normalized spacial score (nSPS) is 11.7. The van der Waals surface area contributed by atoms with Crippen LogP contribution in [0.1, 0.15) is 10.4 Å². The molecule has 3 aromatic rings. The Hall–Kier alpha value is -2.20. The van der Waals surface area contributed by atoms with Gasteiger partial charge in [-0.25, -0.2) is 4.79 Å². The Labute approximate surface area is 136 Å². The van der Waals surface area contributed by atoms with Gasteiger partial charge in [-0.2, -0.15) is 13.2 Å². The minimum atomic E-state index is -4.46. The van der Waals surface area contributed by atoms with Gasteiger partial charge in [0.2, 0.25) is 6.20 Å². The molecule has 2 heterocycles. The number of thiazole rings is 1. The van der Waals surface area contributed by atoms with Crippen molar-refractivity contribution < 1.29 is 22.5 Å². The number of urea groups is 1. The molecule has 10 heteroatoms. The molecule has 0 fully saturated rings. The molecular formula is C13H10F3N4OS2+. The van der Waals surface area contributed by atoms with E-state index in [2.05, 4.69) is 15.7 Å². The van der Waals surface area contributed by atoms with Crippen LogP contribution < -0.4 is 15.1 Å². The summed E-state index contributed by atoms with van der Waals surface area (Å²) < 4.78 is 40.4. The number of benzene rings is 1. The number of nitrogens with one attached hydrogen (secondary N) is 2. The Morgan fingerprint density at radius 1 is 1.26 bits per heavy atom. The molecule has 5 nitrogen and oxygen atoms in total. The van der Waals surface area contributed by atoms with E-state index < -0.39 is 17.8 Å². The number of rotatable bonds is 2. The molecule has 2 N–H and O–H groups in total. The van der Waals surface area contributed by atoms with Crippen molar-refractivity contribution in [2.45, 2.75) is 13.1 Å². The second-order valence-electron chi connectivity index (χ2n) is 4.62. The largest absolute Gasteiger partial charge is 0.416 e. The first kappa shape index (κ1) is 15.7. The average Bonchev–Trinajstić information content (AvgIpc) is 2.94. The highest BCUT2D eigenvalue weighted by Gasteiger charge is 2.30. The number of hydrogen-bond donors (Lipinski definition) is 2. The van der Waals surface area contributed by atoms with E-state index in [1.807, 2.05) is 13.1 Å². The van der Waals surface area contributed by atoms with Crippen LogP contribution in [0.25, 0.3) is 4.14 Å². The van der Waals surface area contributed by atoms with E-state index in [0.717, 1.165) is 21.2 Å². The quantitative estimate of drug-likeness (QED) is 0.682. The molecule has 0 saturated carbocycles. The van der Waals surface area contributed by atoms with E-state index in [-0.39, 0.29) is 5.69 Å². The molecule has 0 aliphatic rings. The highest BCUT2D eigenvalue weighted by Crippen LogP contribution is 2.30. The molecular weight excluding hydrogens is 349 g/mol. The number of halogens is 3. The molecule has 0 aliphatic heterocycles. The third-order valence-electron chi connectivity index (χ3n) is 2.79. The Kier molecular flexibility index (Phi) is 3.94. The molecule has 0 aliphatic carbocycles. The van der Waals surface area contributed by atoms with Gasteiger partial charge in [0.1, 0.15) is 0 Å². The maximum atomic E-state index is 12.6. The molecule has 0 radical (unpaired) electrons. The van der Waals surface area contributed by atoms with Gasteiger partial charge in [-0.3, -0.25) is 5.32 Å². The van der Waals surface area contributed by atoms with Crippen molar-refractivity contribution in [3.05, 3.63) is 40.9 Å². The molecule has 0 saturated heterocycles. The third-order valence-corrected chi connectivity index (χ3v) is 4.82. The second-order valence-corrected chi connectivity index (χ2v) is 7.09. The fourth-order valence-electron chi connectivity index (χ4n) is 1.86. The lowest BCUT2D eigenvalue weighted by Gasteiger charge is -2.09. The van der Waals surface area contributed by atoms with Crippen molar-refractivity contribution in [1.82, 2.24) is 5.10 Å². The lowest BCUT2D eigenvalue weighted by atomic mass is 10.2. The molecule has 1 aromatic carbocycles. The lowest BCUT2D eigenvalue weighted by molar-refractivity contribution is -0.570. The summed E-state index contributed by atoms with van der Waals surface area (Å²) in [5.74, 6) is 0. The van der Waals surface area contributed by atoms with Crippen LogP contribution in [0.3, 0.4) is 0 Å². The monoisotopic (exact) mass is 359 g/mol. The fourth-order valence-corrected chi connectivity index (χ4v) is 3.90. The summed E-state index contributed by atoms with van der Waals surface area (Å²) in [4.78, 5) is 13.0. The van der Waals surface area contributed by atoms with Crippen LogP contribution >= 0.6 is 22.7 Å². The van der Waals surface area contributed by atoms with E-state index in [1.165, 1.54) is 34.8 Å². The zero-order valence-electron chi connectivity index (χ0n) is 11.6. The molecule has 2 aromatic heterocycles. The number of carbonyl (C=O) groups is 1. The summed E-state index contributed by atoms with van der Waals surface area (Å²) in [6, 6.07) is 3.78. The van der Waals surface area contributed by atoms with Crippen molar-refractivity contribution in [1.29, 1.82) is 0 Å². The molecule has 2 amide bonds. The van der Waals surface area contributed by atoms with Crippen LogP contribution in [0.5, 0.6) is 0 Å². The Bertz CT molecular complexity index is 840. The number of hydrogen-bond acceptors (Lipinski definition) is 4. The SMILES string of the molecule is Cc1c[n+]2nc(NC(=O)Nc3cccc(C(F)(F)F)c3)sc2s1. The van der Waals surface area contributed by atoms with E-state index in [1.54, 1.807) is 4.52 Å². The van der Waals surface area contributed by atoms with Gasteiger partial charge in [-0.1, -0.05) is 17.4 Å². The predicted octanol–water partition coefficient (Wildman–Crippen LogP) is 3.91. The van der Waals surface area contributed by atoms with Crippen molar-refractivity contribution >= 4 is 43.7 Å². The summed E-state index contributed by atoms with van der Waals surface area (Å²) in [5, 5.41) is 9.39. The topological polar surface area (TPSA) is 58.1 Å². The lowest BCUT2D eigenvalue weighted by Crippen LogP contribution is -2.23. The standard InChI is InChI=1S/C13H9F3N4OS2/c1-7-6-20-12(22-7)23-11(19-20)18-10(21)17-9-4-2-3-8(5-9)13(14,15)16/h2-6H,1H3,(H-,17,18,19,21)/p+1. The number of aryl methyl sites for hydroxylation is 1. The van der Waals surface area contributed by atoms with Gasteiger partial charge >= 0.3 is 16.4 Å². The van der Waals surface area contributed by atoms with E-state index >= 15 is 0 Å². The zero-order chi connectivity index (χ0) is 16.6. The minimum Gasteiger partial charge on any atom is -0.308 e. The minimum absolute atomic E-state index is 0.0548. The zero-order valence-corrected chi connectivity index (χ0v) is 13.3. The summed E-state index contributed by atoms with van der Waals surface area (Å²) in [7, 11) is 0. The van der Waals surface area contributed by atoms with E-state index in [0.29, 0.717) is 5.13 Å². The number of carbonyl (C=O) groups excluding carboxylic acids is 1. The second kappa shape index (κ2) is 5.78. The maximum absolute atomic E-state index is 12.6. The van der Waals surface area contributed by atoms with Crippen molar-refractivity contribution in [2.75, 3.05) is 10.6 Å². The van der Waals surface area contributed by atoms with Gasteiger partial charge in [0.05, 0.1) is 10.4 Å². The van der Waals surface area contributed by atoms with Crippen molar-refractivity contribution in [2.24, 2.45) is 0 Å². The number of aromatic nitrogens is 2. The highest BCUT2D eigenvalue weighted by molar-refractivity contribution is 7.37. The first-order valence-electron chi connectivity index (χ1n) is 6.35. The first-order chi connectivity index (χ1) is 10.8. The smallest absolute Gasteiger partial charge is 0.308 e. The number of alkyl halides is 3. The van der Waals surface area contributed by atoms with Crippen LogP contribution in [0.4, 0.5) is 28.8 Å². The van der Waals surface area contributed by atoms with Crippen LogP contribution in [0, 0.1) is 6.92 Å². The van der Waals surface area contributed by atoms with Gasteiger partial charge in [-0.15, -0.1) is 0 Å². The Morgan fingerprint density at radius 3 is 2.74 bits per heavy atom. The Balaban J connectivity index is 1.70. The fraction of sp³-hybridized carbons (Fsp3) is 0.154. The average molecular weight is 359 g/mol. The molecule has 23 heavy (non-hydrogen) atoms. The number of anilines is 2. The number of nitrogens with zero attached hydrogens (tertiary/aromatic N) is 2. The summed E-state index contributed by atoms with van der Waals surface area (Å²) in [6.07, 6.45) is -2.63. The van der Waals surface area contributed by atoms with Crippen LogP contribution in [0.2, 0.25) is 0 Å². The van der Waals surface area contributed by atoms with Crippen LogP contribution in [-0.4, -0.2) is 11.1 Å². The Morgan fingerprint density at radius 2 is 2.04 bits per heavy atom. The third kappa shape index (κ3) is 3.59. The van der Waals surface area contributed by atoms with E-state index in [9.17, 15) is 18.0 Å². The molecule has 0 atom stereocenters. The number of amides is 2. The van der Waals surface area contributed by atoms with Gasteiger partial charge in [0.15, 0.2) is 0 Å². The summed E-state index contributed by atoms with van der Waals surface area (Å²) in [6.45, 7) is 1.94. The maximum Gasteiger partial charge on any atom is 0.416 e. The molecule has 0 unspecified atom stereocenters. The molecule has 0 bridgehead atoms. The highest BCUT2D eigenvalue weighted by atomic mass is 32.2. The van der Waals surface area contributed by atoms with Crippen LogP contribution in [0.15, 0.2) is 30.5 Å². The van der Waals surface area contributed by atoms with Gasteiger partial charge in [0.25, 0.3) is 5.13 Å². The van der Waals surface area contributed by atoms with E-state index in [4.69, 9.17) is 0 Å². The summed E-state index contributed by atoms with van der Waals surface area (Å²) >= 11 is 2.81.